The minimum absolute atomic E-state index is 0.0613. The number of alkyl halides is 1. The van der Waals surface area contributed by atoms with E-state index in [9.17, 15) is 8.78 Å². The van der Waals surface area contributed by atoms with E-state index in [0.717, 1.165) is 16.7 Å². The van der Waals surface area contributed by atoms with Crippen molar-refractivity contribution < 1.29 is 8.78 Å². The molecule has 0 amide bonds. The third kappa shape index (κ3) is 2.46. The molecule has 0 N–H and O–H groups in total. The smallest absolute Gasteiger partial charge is 0.130 e. The van der Waals surface area contributed by atoms with E-state index in [-0.39, 0.29) is 5.56 Å². The maximum Gasteiger partial charge on any atom is 0.130 e. The van der Waals surface area contributed by atoms with Gasteiger partial charge in [0, 0.05) is 5.56 Å². The van der Waals surface area contributed by atoms with Crippen LogP contribution in [0.25, 0.3) is 0 Å². The molecule has 0 nitrogen and oxygen atoms in total. The molecular weight excluding hydrogens is 298 g/mol. The second kappa shape index (κ2) is 5.19. The van der Waals surface area contributed by atoms with E-state index >= 15 is 0 Å². The van der Waals surface area contributed by atoms with Crippen molar-refractivity contribution in [2.45, 2.75) is 18.7 Å². The Morgan fingerprint density at radius 1 is 1.00 bits per heavy atom. The molecule has 18 heavy (non-hydrogen) atoms. The van der Waals surface area contributed by atoms with E-state index in [0.29, 0.717) is 0 Å². The summed E-state index contributed by atoms with van der Waals surface area (Å²) in [6.45, 7) is 3.89. The van der Waals surface area contributed by atoms with Gasteiger partial charge >= 0.3 is 0 Å². The zero-order chi connectivity index (χ0) is 13.3. The van der Waals surface area contributed by atoms with E-state index in [1.807, 2.05) is 32.0 Å². The van der Waals surface area contributed by atoms with Gasteiger partial charge in [0.05, 0.1) is 4.83 Å². The third-order valence-electron chi connectivity index (χ3n) is 2.96. The van der Waals surface area contributed by atoms with Crippen molar-refractivity contribution in [1.29, 1.82) is 0 Å². The number of hydrogen-bond acceptors (Lipinski definition) is 0. The average molecular weight is 311 g/mol. The zero-order valence-corrected chi connectivity index (χ0v) is 11.8. The van der Waals surface area contributed by atoms with E-state index in [4.69, 9.17) is 0 Å². The van der Waals surface area contributed by atoms with Crippen LogP contribution >= 0.6 is 15.9 Å². The Labute approximate surface area is 114 Å². The van der Waals surface area contributed by atoms with E-state index in [1.54, 1.807) is 0 Å². The van der Waals surface area contributed by atoms with Crippen LogP contribution in [-0.4, -0.2) is 0 Å². The molecular formula is C15H13BrF2. The second-order valence-corrected chi connectivity index (χ2v) is 5.27. The van der Waals surface area contributed by atoms with Crippen LogP contribution in [0, 0.1) is 25.5 Å². The summed E-state index contributed by atoms with van der Waals surface area (Å²) >= 11 is 3.40. The first-order chi connectivity index (χ1) is 8.50. The van der Waals surface area contributed by atoms with E-state index in [1.165, 1.54) is 18.2 Å². The Balaban J connectivity index is 2.54. The molecule has 0 spiro atoms. The summed E-state index contributed by atoms with van der Waals surface area (Å²) < 4.78 is 27.5. The summed E-state index contributed by atoms with van der Waals surface area (Å²) in [6.07, 6.45) is 0. The van der Waals surface area contributed by atoms with Gasteiger partial charge < -0.3 is 0 Å². The Morgan fingerprint density at radius 3 is 2.22 bits per heavy atom. The Bertz CT molecular complexity index is 558. The topological polar surface area (TPSA) is 0 Å². The molecule has 1 atom stereocenters. The molecule has 0 aliphatic heterocycles. The lowest BCUT2D eigenvalue weighted by Gasteiger charge is -2.15. The van der Waals surface area contributed by atoms with Crippen LogP contribution < -0.4 is 0 Å². The Morgan fingerprint density at radius 2 is 1.61 bits per heavy atom. The molecule has 0 heterocycles. The fourth-order valence-electron chi connectivity index (χ4n) is 1.94. The predicted molar refractivity (Wildman–Crippen MR) is 73.0 cm³/mol. The molecule has 94 valence electrons. The van der Waals surface area contributed by atoms with Crippen LogP contribution in [0.4, 0.5) is 8.78 Å². The summed E-state index contributed by atoms with van der Waals surface area (Å²) in [7, 11) is 0. The molecule has 1 unspecified atom stereocenters. The minimum atomic E-state index is -0.530. The predicted octanol–water partition coefficient (Wildman–Crippen LogP) is 5.07. The molecule has 0 radical (unpaired) electrons. The highest BCUT2D eigenvalue weighted by Crippen LogP contribution is 2.36. The molecule has 0 aliphatic rings. The molecule has 0 fully saturated rings. The highest BCUT2D eigenvalue weighted by Gasteiger charge is 2.20. The van der Waals surface area contributed by atoms with Gasteiger partial charge in [0.1, 0.15) is 11.6 Å². The number of aryl methyl sites for hydroxylation is 2. The van der Waals surface area contributed by atoms with Crippen molar-refractivity contribution in [3.05, 3.63) is 70.3 Å². The minimum Gasteiger partial charge on any atom is -0.207 e. The van der Waals surface area contributed by atoms with Crippen molar-refractivity contribution in [3.8, 4) is 0 Å². The molecule has 0 saturated carbocycles. The molecule has 0 bridgehead atoms. The fraction of sp³-hybridized carbons (Fsp3) is 0.200. The Hall–Kier alpha value is -1.22. The summed E-state index contributed by atoms with van der Waals surface area (Å²) in [5.74, 6) is -1.06. The fourth-order valence-corrected chi connectivity index (χ4v) is 2.87. The highest BCUT2D eigenvalue weighted by atomic mass is 79.9. The lowest BCUT2D eigenvalue weighted by atomic mass is 9.98. The van der Waals surface area contributed by atoms with Crippen molar-refractivity contribution in [2.75, 3.05) is 0 Å². The quantitative estimate of drug-likeness (QED) is 0.680. The number of benzene rings is 2. The van der Waals surface area contributed by atoms with Gasteiger partial charge in [-0.1, -0.05) is 45.8 Å². The lowest BCUT2D eigenvalue weighted by molar-refractivity contribution is 0.560. The SMILES string of the molecule is Cc1ccc(C)c(C(Br)c2c(F)cccc2F)c1. The van der Waals surface area contributed by atoms with Crippen LogP contribution in [0.3, 0.4) is 0 Å². The van der Waals surface area contributed by atoms with Gasteiger partial charge in [-0.3, -0.25) is 0 Å². The molecule has 0 saturated heterocycles. The van der Waals surface area contributed by atoms with E-state index < -0.39 is 16.5 Å². The van der Waals surface area contributed by atoms with Gasteiger partial charge in [-0.25, -0.2) is 8.78 Å². The highest BCUT2D eigenvalue weighted by molar-refractivity contribution is 9.09. The van der Waals surface area contributed by atoms with Crippen molar-refractivity contribution in [3.63, 3.8) is 0 Å². The summed E-state index contributed by atoms with van der Waals surface area (Å²) in [5, 5.41) is 0. The number of hydrogen-bond donors (Lipinski definition) is 0. The average Bonchev–Trinajstić information content (AvgIpc) is 2.32. The maximum absolute atomic E-state index is 13.7. The monoisotopic (exact) mass is 310 g/mol. The number of halogens is 3. The Kier molecular flexibility index (Phi) is 3.81. The summed E-state index contributed by atoms with van der Waals surface area (Å²) in [6, 6.07) is 9.81. The summed E-state index contributed by atoms with van der Waals surface area (Å²) in [5.41, 5.74) is 3.02. The first kappa shape index (κ1) is 13.2. The molecule has 0 aliphatic carbocycles. The van der Waals surface area contributed by atoms with Crippen LogP contribution in [0.15, 0.2) is 36.4 Å². The first-order valence-electron chi connectivity index (χ1n) is 5.66. The van der Waals surface area contributed by atoms with E-state index in [2.05, 4.69) is 15.9 Å². The van der Waals surface area contributed by atoms with Crippen LogP contribution in [0.2, 0.25) is 0 Å². The molecule has 2 rings (SSSR count). The van der Waals surface area contributed by atoms with Gasteiger partial charge in [0.25, 0.3) is 0 Å². The van der Waals surface area contributed by atoms with Crippen molar-refractivity contribution in [1.82, 2.24) is 0 Å². The molecule has 0 aromatic heterocycles. The second-order valence-electron chi connectivity index (χ2n) is 4.36. The largest absolute Gasteiger partial charge is 0.207 e. The third-order valence-corrected chi connectivity index (χ3v) is 3.91. The van der Waals surface area contributed by atoms with Gasteiger partial charge in [-0.2, -0.15) is 0 Å². The van der Waals surface area contributed by atoms with Gasteiger partial charge in [0.15, 0.2) is 0 Å². The number of rotatable bonds is 2. The van der Waals surface area contributed by atoms with Gasteiger partial charge in [0.2, 0.25) is 0 Å². The van der Waals surface area contributed by atoms with Gasteiger partial charge in [-0.15, -0.1) is 0 Å². The lowest BCUT2D eigenvalue weighted by Crippen LogP contribution is -2.02. The van der Waals surface area contributed by atoms with Crippen molar-refractivity contribution >= 4 is 15.9 Å². The normalized spacial score (nSPS) is 12.5. The van der Waals surface area contributed by atoms with Crippen molar-refractivity contribution in [2.24, 2.45) is 0 Å². The van der Waals surface area contributed by atoms with Crippen LogP contribution in [-0.2, 0) is 0 Å². The molecule has 3 heteroatoms. The first-order valence-corrected chi connectivity index (χ1v) is 6.57. The molecule has 2 aromatic rings. The van der Waals surface area contributed by atoms with Crippen LogP contribution in [0.5, 0.6) is 0 Å². The summed E-state index contributed by atoms with van der Waals surface area (Å²) in [4.78, 5) is -0.474. The zero-order valence-electron chi connectivity index (χ0n) is 10.2. The maximum atomic E-state index is 13.7. The standard InChI is InChI=1S/C15H13BrF2/c1-9-6-7-10(2)11(8-9)15(16)14-12(17)4-3-5-13(14)18/h3-8,15H,1-2H3. The van der Waals surface area contributed by atoms with Crippen LogP contribution in [0.1, 0.15) is 27.1 Å². The van der Waals surface area contributed by atoms with Gasteiger partial charge in [-0.05, 0) is 37.1 Å². The molecule has 2 aromatic carbocycles.